The van der Waals surface area contributed by atoms with E-state index in [4.69, 9.17) is 0 Å². The third kappa shape index (κ3) is 4.40. The Morgan fingerprint density at radius 1 is 1.12 bits per heavy atom. The molecule has 0 aliphatic heterocycles. The highest BCUT2D eigenvalue weighted by Crippen LogP contribution is 2.23. The van der Waals surface area contributed by atoms with Crippen LogP contribution in [0.5, 0.6) is 0 Å². The number of allylic oxidation sites excluding steroid dienone is 1. The third-order valence-corrected chi connectivity index (χ3v) is 5.33. The minimum atomic E-state index is -3.66. The van der Waals surface area contributed by atoms with Gasteiger partial charge in [0.2, 0.25) is 0 Å². The Bertz CT molecular complexity index is 938. The van der Waals surface area contributed by atoms with Crippen LogP contribution in [0.2, 0.25) is 0 Å². The number of nitrogens with one attached hydrogen (secondary N) is 1. The second-order valence-corrected chi connectivity index (χ2v) is 7.65. The number of rotatable bonds is 5. The molecule has 0 amide bonds. The van der Waals surface area contributed by atoms with Gasteiger partial charge in [-0.2, -0.15) is 5.26 Å². The van der Waals surface area contributed by atoms with Gasteiger partial charge in [0.05, 0.1) is 10.5 Å². The molecule has 0 spiro atoms. The second-order valence-electron chi connectivity index (χ2n) is 6.00. The molecule has 0 heterocycles. The van der Waals surface area contributed by atoms with E-state index in [1.165, 1.54) is 0 Å². The monoisotopic (exact) mass is 355 g/mol. The lowest BCUT2D eigenvalue weighted by molar-refractivity contribution is 0.566. The van der Waals surface area contributed by atoms with Crippen LogP contribution in [0, 0.1) is 25.2 Å². The van der Waals surface area contributed by atoms with E-state index in [1.54, 1.807) is 54.4 Å². The number of benzene rings is 2. The van der Waals surface area contributed by atoms with E-state index in [-0.39, 0.29) is 4.90 Å². The van der Waals surface area contributed by atoms with Crippen LogP contribution in [0.15, 0.2) is 53.6 Å². The molecule has 0 unspecified atom stereocenters. The quantitative estimate of drug-likeness (QED) is 0.833. The first-order chi connectivity index (χ1) is 11.7. The van der Waals surface area contributed by atoms with Gasteiger partial charge in [-0.25, -0.2) is 8.42 Å². The first kappa shape index (κ1) is 18.6. The summed E-state index contributed by atoms with van der Waals surface area (Å²) in [4.78, 5) is 2.05. The molecule has 2 aromatic rings. The van der Waals surface area contributed by atoms with Crippen molar-refractivity contribution in [3.8, 4) is 6.07 Å². The number of nitriles is 1. The summed E-state index contributed by atoms with van der Waals surface area (Å²) in [6.07, 6.45) is 1.72. The molecule has 1 N–H and O–H groups in total. The van der Waals surface area contributed by atoms with Crippen LogP contribution in [-0.4, -0.2) is 27.4 Å². The summed E-state index contributed by atoms with van der Waals surface area (Å²) in [5.41, 5.74) is 3.34. The van der Waals surface area contributed by atoms with E-state index < -0.39 is 10.0 Å². The molecule has 2 aromatic carbocycles. The highest BCUT2D eigenvalue weighted by molar-refractivity contribution is 7.92. The van der Waals surface area contributed by atoms with E-state index in [1.807, 2.05) is 27.1 Å². The van der Waals surface area contributed by atoms with Crippen molar-refractivity contribution in [2.24, 2.45) is 0 Å². The molecule has 5 nitrogen and oxygen atoms in total. The Morgan fingerprint density at radius 2 is 1.76 bits per heavy atom. The molecule has 25 heavy (non-hydrogen) atoms. The van der Waals surface area contributed by atoms with Crippen molar-refractivity contribution in [3.05, 3.63) is 65.4 Å². The Balaban J connectivity index is 2.30. The Hall–Kier alpha value is -2.78. The molecule has 0 radical (unpaired) electrons. The standard InChI is InChI=1S/C19H21N3O2S/c1-14-6-5-7-19(15(14)2)25(23,24)21-18-10-8-16(9-11-18)17(12-20)13-22(3)4/h5-11,13,21H,1-4H3. The number of sulfonamides is 1. The van der Waals surface area contributed by atoms with Crippen molar-refractivity contribution < 1.29 is 8.42 Å². The van der Waals surface area contributed by atoms with Gasteiger partial charge in [0.25, 0.3) is 10.0 Å². The summed E-state index contributed by atoms with van der Waals surface area (Å²) in [5.74, 6) is 0. The zero-order chi connectivity index (χ0) is 18.6. The van der Waals surface area contributed by atoms with Crippen molar-refractivity contribution >= 4 is 21.3 Å². The number of aryl methyl sites for hydroxylation is 1. The van der Waals surface area contributed by atoms with E-state index in [0.29, 0.717) is 11.3 Å². The second kappa shape index (κ2) is 7.41. The molecule has 6 heteroatoms. The van der Waals surface area contributed by atoms with Crippen LogP contribution >= 0.6 is 0 Å². The van der Waals surface area contributed by atoms with Gasteiger partial charge in [0.1, 0.15) is 6.07 Å². The minimum absolute atomic E-state index is 0.266. The normalized spacial score (nSPS) is 11.7. The Labute approximate surface area is 149 Å². The summed E-state index contributed by atoms with van der Waals surface area (Å²) in [7, 11) is 0.0126. The molecule has 2 rings (SSSR count). The molecule has 0 aliphatic carbocycles. The van der Waals surface area contributed by atoms with Crippen LogP contribution in [0.3, 0.4) is 0 Å². The maximum Gasteiger partial charge on any atom is 0.262 e. The van der Waals surface area contributed by atoms with Crippen molar-refractivity contribution in [1.29, 1.82) is 5.26 Å². The van der Waals surface area contributed by atoms with Gasteiger partial charge in [-0.1, -0.05) is 24.3 Å². The molecule has 130 valence electrons. The summed E-state index contributed by atoms with van der Waals surface area (Å²) < 4.78 is 27.8. The molecular weight excluding hydrogens is 334 g/mol. The summed E-state index contributed by atoms with van der Waals surface area (Å²) in [5, 5.41) is 9.23. The topological polar surface area (TPSA) is 73.2 Å². The first-order valence-electron chi connectivity index (χ1n) is 7.72. The number of anilines is 1. The van der Waals surface area contributed by atoms with Crippen LogP contribution < -0.4 is 4.72 Å². The Kier molecular flexibility index (Phi) is 5.50. The van der Waals surface area contributed by atoms with Gasteiger partial charge >= 0.3 is 0 Å². The smallest absolute Gasteiger partial charge is 0.262 e. The maximum atomic E-state index is 12.6. The van der Waals surface area contributed by atoms with Crippen LogP contribution in [0.25, 0.3) is 5.57 Å². The molecule has 0 aliphatic rings. The van der Waals surface area contributed by atoms with Crippen molar-refractivity contribution in [2.75, 3.05) is 18.8 Å². The van der Waals surface area contributed by atoms with Gasteiger partial charge in [-0.15, -0.1) is 0 Å². The lowest BCUT2D eigenvalue weighted by atomic mass is 10.1. The first-order valence-corrected chi connectivity index (χ1v) is 9.21. The lowest BCUT2D eigenvalue weighted by Crippen LogP contribution is -2.14. The van der Waals surface area contributed by atoms with E-state index in [9.17, 15) is 13.7 Å². The molecular formula is C19H21N3O2S. The molecule has 0 bridgehead atoms. The summed E-state index contributed by atoms with van der Waals surface area (Å²) in [6.45, 7) is 3.67. The van der Waals surface area contributed by atoms with Gasteiger partial charge in [-0.3, -0.25) is 4.72 Å². The zero-order valence-electron chi connectivity index (χ0n) is 14.7. The predicted molar refractivity (Wildman–Crippen MR) is 100 cm³/mol. The highest BCUT2D eigenvalue weighted by Gasteiger charge is 2.17. The SMILES string of the molecule is Cc1cccc(S(=O)(=O)Nc2ccc(C(C#N)=CN(C)C)cc2)c1C. The minimum Gasteiger partial charge on any atom is -0.382 e. The van der Waals surface area contributed by atoms with Gasteiger partial charge in [-0.05, 0) is 48.7 Å². The van der Waals surface area contributed by atoms with Gasteiger partial charge < -0.3 is 4.90 Å². The van der Waals surface area contributed by atoms with E-state index in [0.717, 1.165) is 16.7 Å². The zero-order valence-corrected chi connectivity index (χ0v) is 15.6. The van der Waals surface area contributed by atoms with E-state index in [2.05, 4.69) is 10.8 Å². The third-order valence-electron chi connectivity index (χ3n) is 3.80. The summed E-state index contributed by atoms with van der Waals surface area (Å²) >= 11 is 0. The molecule has 0 saturated carbocycles. The van der Waals surface area contributed by atoms with Crippen LogP contribution in [0.4, 0.5) is 5.69 Å². The average Bonchev–Trinajstić information content (AvgIpc) is 2.55. The molecule has 0 aromatic heterocycles. The van der Waals surface area contributed by atoms with Crippen molar-refractivity contribution in [2.45, 2.75) is 18.7 Å². The van der Waals surface area contributed by atoms with Crippen LogP contribution in [0.1, 0.15) is 16.7 Å². The number of hydrogen-bond donors (Lipinski definition) is 1. The van der Waals surface area contributed by atoms with Gasteiger partial charge in [0.15, 0.2) is 0 Å². The molecule has 0 fully saturated rings. The number of hydrogen-bond acceptors (Lipinski definition) is 4. The molecule has 0 saturated heterocycles. The maximum absolute atomic E-state index is 12.6. The fourth-order valence-electron chi connectivity index (χ4n) is 2.37. The fraction of sp³-hybridized carbons (Fsp3) is 0.211. The predicted octanol–water partition coefficient (Wildman–Crippen LogP) is 3.53. The van der Waals surface area contributed by atoms with Crippen molar-refractivity contribution in [3.63, 3.8) is 0 Å². The highest BCUT2D eigenvalue weighted by atomic mass is 32.2. The van der Waals surface area contributed by atoms with Gasteiger partial charge in [0, 0.05) is 26.0 Å². The van der Waals surface area contributed by atoms with Crippen LogP contribution in [-0.2, 0) is 10.0 Å². The largest absolute Gasteiger partial charge is 0.382 e. The van der Waals surface area contributed by atoms with E-state index >= 15 is 0 Å². The lowest BCUT2D eigenvalue weighted by Gasteiger charge is -2.12. The molecule has 0 atom stereocenters. The van der Waals surface area contributed by atoms with Crippen molar-refractivity contribution in [1.82, 2.24) is 4.90 Å². The fourth-order valence-corrected chi connectivity index (χ4v) is 3.75. The Morgan fingerprint density at radius 3 is 2.32 bits per heavy atom. The average molecular weight is 355 g/mol. The summed E-state index contributed by atoms with van der Waals surface area (Å²) in [6, 6.07) is 14.1. The number of nitrogens with zero attached hydrogens (tertiary/aromatic N) is 2.